The molecule has 1 amide bonds. The van der Waals surface area contributed by atoms with Gasteiger partial charge in [-0.1, -0.05) is 35.6 Å². The standard InChI is InChI=1S/C21H21FN2O4S/c1-13-19(29-21(26)24(13)12-15-6-4-5-7-16(15)22)20(25)23-11-14-8-9-17(27-2)18(10-14)28-3/h4-10H,11-12H2,1-3H3,(H,23,25). The smallest absolute Gasteiger partial charge is 0.308 e. The van der Waals surface area contributed by atoms with Crippen LogP contribution in [0, 0.1) is 12.7 Å². The zero-order valence-electron chi connectivity index (χ0n) is 16.3. The van der Waals surface area contributed by atoms with Crippen LogP contribution >= 0.6 is 11.3 Å². The first-order chi connectivity index (χ1) is 13.9. The average Bonchev–Trinajstić information content (AvgIpc) is 3.01. The van der Waals surface area contributed by atoms with E-state index in [-0.39, 0.29) is 29.7 Å². The van der Waals surface area contributed by atoms with Gasteiger partial charge in [-0.15, -0.1) is 0 Å². The third-order valence-corrected chi connectivity index (χ3v) is 5.62. The second-order valence-corrected chi connectivity index (χ2v) is 7.29. The highest BCUT2D eigenvalue weighted by Gasteiger charge is 2.18. The molecular formula is C21H21FN2O4S. The summed E-state index contributed by atoms with van der Waals surface area (Å²) in [6.45, 7) is 2.03. The van der Waals surface area contributed by atoms with Gasteiger partial charge in [0, 0.05) is 17.8 Å². The number of amides is 1. The van der Waals surface area contributed by atoms with Crippen LogP contribution in [0.5, 0.6) is 11.5 Å². The monoisotopic (exact) mass is 416 g/mol. The lowest BCUT2D eigenvalue weighted by atomic mass is 10.2. The van der Waals surface area contributed by atoms with E-state index >= 15 is 0 Å². The van der Waals surface area contributed by atoms with Crippen LogP contribution in [0.25, 0.3) is 0 Å². The van der Waals surface area contributed by atoms with Crippen LogP contribution in [0.2, 0.25) is 0 Å². The first-order valence-corrected chi connectivity index (χ1v) is 9.69. The highest BCUT2D eigenvalue weighted by atomic mass is 32.1. The molecule has 0 bridgehead atoms. The number of thiazole rings is 1. The van der Waals surface area contributed by atoms with E-state index < -0.39 is 0 Å². The Morgan fingerprint density at radius 3 is 2.55 bits per heavy atom. The molecule has 1 heterocycles. The van der Waals surface area contributed by atoms with Gasteiger partial charge in [0.15, 0.2) is 11.5 Å². The number of ether oxygens (including phenoxy) is 2. The van der Waals surface area contributed by atoms with E-state index in [0.717, 1.165) is 16.9 Å². The van der Waals surface area contributed by atoms with Gasteiger partial charge in [0.05, 0.1) is 20.8 Å². The van der Waals surface area contributed by atoms with E-state index in [1.54, 1.807) is 51.5 Å². The summed E-state index contributed by atoms with van der Waals surface area (Å²) in [6.07, 6.45) is 0. The Labute approximate surface area is 171 Å². The molecule has 3 rings (SSSR count). The van der Waals surface area contributed by atoms with E-state index in [9.17, 15) is 14.0 Å². The Bertz CT molecular complexity index is 1090. The maximum atomic E-state index is 13.9. The van der Waals surface area contributed by atoms with Crippen molar-refractivity contribution in [1.29, 1.82) is 0 Å². The lowest BCUT2D eigenvalue weighted by Crippen LogP contribution is -2.23. The topological polar surface area (TPSA) is 69.6 Å². The van der Waals surface area contributed by atoms with Crippen molar-refractivity contribution in [2.24, 2.45) is 0 Å². The molecule has 152 valence electrons. The molecular weight excluding hydrogens is 395 g/mol. The first-order valence-electron chi connectivity index (χ1n) is 8.87. The zero-order valence-corrected chi connectivity index (χ0v) is 17.1. The Morgan fingerprint density at radius 2 is 1.86 bits per heavy atom. The van der Waals surface area contributed by atoms with Crippen molar-refractivity contribution < 1.29 is 18.7 Å². The molecule has 0 saturated heterocycles. The van der Waals surface area contributed by atoms with Crippen LogP contribution in [-0.2, 0) is 13.1 Å². The summed E-state index contributed by atoms with van der Waals surface area (Å²) in [4.78, 5) is 25.0. The lowest BCUT2D eigenvalue weighted by Gasteiger charge is -2.10. The molecule has 0 saturated carbocycles. The van der Waals surface area contributed by atoms with E-state index in [4.69, 9.17) is 9.47 Å². The summed E-state index contributed by atoms with van der Waals surface area (Å²) in [5.41, 5.74) is 1.73. The molecule has 1 aromatic heterocycles. The molecule has 1 N–H and O–H groups in total. The van der Waals surface area contributed by atoms with Crippen LogP contribution in [0.15, 0.2) is 47.3 Å². The third-order valence-electron chi connectivity index (χ3n) is 4.54. The van der Waals surface area contributed by atoms with Crippen LogP contribution in [0.4, 0.5) is 4.39 Å². The minimum absolute atomic E-state index is 0.0802. The number of halogens is 1. The van der Waals surface area contributed by atoms with E-state index in [1.807, 2.05) is 6.07 Å². The van der Waals surface area contributed by atoms with Crippen LogP contribution in [0.3, 0.4) is 0 Å². The summed E-state index contributed by atoms with van der Waals surface area (Å²) >= 11 is 0.851. The van der Waals surface area contributed by atoms with Crippen LogP contribution in [0.1, 0.15) is 26.5 Å². The number of aromatic nitrogens is 1. The van der Waals surface area contributed by atoms with Crippen molar-refractivity contribution in [1.82, 2.24) is 9.88 Å². The highest BCUT2D eigenvalue weighted by molar-refractivity contribution is 7.11. The SMILES string of the molecule is COc1ccc(CNC(=O)c2sc(=O)n(Cc3ccccc3F)c2C)cc1OC. The molecule has 0 spiro atoms. The quantitative estimate of drug-likeness (QED) is 0.641. The number of carbonyl (C=O) groups is 1. The predicted molar refractivity (Wildman–Crippen MR) is 110 cm³/mol. The zero-order chi connectivity index (χ0) is 21.0. The molecule has 0 aliphatic carbocycles. The minimum Gasteiger partial charge on any atom is -0.493 e. The molecule has 29 heavy (non-hydrogen) atoms. The number of rotatable bonds is 7. The number of benzene rings is 2. The Morgan fingerprint density at radius 1 is 1.14 bits per heavy atom. The fraction of sp³-hybridized carbons (Fsp3) is 0.238. The summed E-state index contributed by atoms with van der Waals surface area (Å²) < 4.78 is 25.8. The summed E-state index contributed by atoms with van der Waals surface area (Å²) in [7, 11) is 3.09. The number of hydrogen-bond donors (Lipinski definition) is 1. The number of nitrogens with one attached hydrogen (secondary N) is 1. The number of nitrogens with zero attached hydrogens (tertiary/aromatic N) is 1. The van der Waals surface area contributed by atoms with Crippen molar-refractivity contribution in [3.8, 4) is 11.5 Å². The Hall–Kier alpha value is -3.13. The largest absolute Gasteiger partial charge is 0.493 e. The second-order valence-electron chi connectivity index (χ2n) is 6.33. The van der Waals surface area contributed by atoms with E-state index in [0.29, 0.717) is 27.6 Å². The van der Waals surface area contributed by atoms with Crippen molar-refractivity contribution >= 4 is 17.2 Å². The van der Waals surface area contributed by atoms with Crippen molar-refractivity contribution in [3.63, 3.8) is 0 Å². The molecule has 2 aromatic carbocycles. The molecule has 8 heteroatoms. The number of hydrogen-bond acceptors (Lipinski definition) is 5. The van der Waals surface area contributed by atoms with E-state index in [1.165, 1.54) is 10.6 Å². The van der Waals surface area contributed by atoms with Gasteiger partial charge in [-0.3, -0.25) is 14.2 Å². The molecule has 0 unspecified atom stereocenters. The van der Waals surface area contributed by atoms with Gasteiger partial charge in [-0.05, 0) is 30.7 Å². The third kappa shape index (κ3) is 4.48. The molecule has 6 nitrogen and oxygen atoms in total. The van der Waals surface area contributed by atoms with Gasteiger partial charge in [0.2, 0.25) is 0 Å². The maximum absolute atomic E-state index is 13.9. The molecule has 0 fully saturated rings. The second kappa shape index (κ2) is 8.91. The van der Waals surface area contributed by atoms with Gasteiger partial charge in [-0.2, -0.15) is 0 Å². The minimum atomic E-state index is -0.385. The van der Waals surface area contributed by atoms with Crippen LogP contribution < -0.4 is 19.7 Å². The van der Waals surface area contributed by atoms with Crippen LogP contribution in [-0.4, -0.2) is 24.7 Å². The molecule has 0 aliphatic heterocycles. The Kier molecular flexibility index (Phi) is 6.33. The fourth-order valence-electron chi connectivity index (χ4n) is 2.92. The lowest BCUT2D eigenvalue weighted by molar-refractivity contribution is 0.0954. The predicted octanol–water partition coefficient (Wildman–Crippen LogP) is 3.35. The number of methoxy groups -OCH3 is 2. The molecule has 0 radical (unpaired) electrons. The Balaban J connectivity index is 1.75. The molecule has 0 atom stereocenters. The van der Waals surface area contributed by atoms with Gasteiger partial charge in [-0.25, -0.2) is 4.39 Å². The highest BCUT2D eigenvalue weighted by Crippen LogP contribution is 2.27. The van der Waals surface area contributed by atoms with Gasteiger partial charge in [0.25, 0.3) is 5.91 Å². The first kappa shape index (κ1) is 20.6. The average molecular weight is 416 g/mol. The fourth-order valence-corrected chi connectivity index (χ4v) is 3.83. The summed E-state index contributed by atoms with van der Waals surface area (Å²) in [6, 6.07) is 11.6. The normalized spacial score (nSPS) is 10.6. The van der Waals surface area contributed by atoms with Gasteiger partial charge >= 0.3 is 4.87 Å². The molecule has 0 aliphatic rings. The van der Waals surface area contributed by atoms with Crippen molar-refractivity contribution in [2.75, 3.05) is 14.2 Å². The summed E-state index contributed by atoms with van der Waals surface area (Å²) in [5.74, 6) is 0.425. The van der Waals surface area contributed by atoms with Crippen molar-refractivity contribution in [2.45, 2.75) is 20.0 Å². The molecule has 3 aromatic rings. The van der Waals surface area contributed by atoms with Gasteiger partial charge in [0.1, 0.15) is 10.7 Å². The van der Waals surface area contributed by atoms with Crippen molar-refractivity contribution in [3.05, 3.63) is 79.6 Å². The maximum Gasteiger partial charge on any atom is 0.308 e. The van der Waals surface area contributed by atoms with Gasteiger partial charge < -0.3 is 14.8 Å². The number of carbonyl (C=O) groups excluding carboxylic acids is 1. The summed E-state index contributed by atoms with van der Waals surface area (Å²) in [5, 5.41) is 2.81. The van der Waals surface area contributed by atoms with E-state index in [2.05, 4.69) is 5.32 Å².